The number of rotatable bonds is 10. The van der Waals surface area contributed by atoms with Crippen molar-refractivity contribution in [1.29, 1.82) is 10.5 Å². The third kappa shape index (κ3) is 6.66. The van der Waals surface area contributed by atoms with Crippen LogP contribution in [0.4, 0.5) is 5.69 Å². The summed E-state index contributed by atoms with van der Waals surface area (Å²) in [5.41, 5.74) is 1.97. The maximum Gasteiger partial charge on any atom is 0.348 e. The summed E-state index contributed by atoms with van der Waals surface area (Å²) in [4.78, 5) is 36.0. The molecule has 0 aliphatic rings. The first kappa shape index (κ1) is 26.8. The molecule has 1 heterocycles. The molecule has 0 bridgehead atoms. The number of nitro benzene ring substituents is 1. The number of carbonyl (C=O) groups excluding carboxylic acids is 2. The standard InChI is InChI=1S/C27H21N3O6S/c1-3-35-27(32)26-17(2)23(15-29)25(37-26)13-24(31)20(14-28)12-18-6-10-22(11-7-18)36-16-19-4-8-21(9-5-19)30(33)34/h4-12H,3,13,16H2,1-2H3. The Kier molecular flexibility index (Phi) is 8.87. The van der Waals surface area contributed by atoms with Crippen LogP contribution >= 0.6 is 11.3 Å². The lowest BCUT2D eigenvalue weighted by Crippen LogP contribution is -2.05. The summed E-state index contributed by atoms with van der Waals surface area (Å²) < 4.78 is 10.7. The second kappa shape index (κ2) is 12.2. The number of ether oxygens (including phenoxy) is 2. The Labute approximate surface area is 216 Å². The van der Waals surface area contributed by atoms with Crippen molar-refractivity contribution < 1.29 is 24.0 Å². The molecule has 0 radical (unpaired) electrons. The van der Waals surface area contributed by atoms with Crippen LogP contribution in [-0.4, -0.2) is 23.3 Å². The van der Waals surface area contributed by atoms with Gasteiger partial charge in [0.2, 0.25) is 0 Å². The zero-order chi connectivity index (χ0) is 26.9. The van der Waals surface area contributed by atoms with Gasteiger partial charge in [-0.2, -0.15) is 10.5 Å². The summed E-state index contributed by atoms with van der Waals surface area (Å²) in [5, 5.41) is 29.8. The maximum absolute atomic E-state index is 12.8. The smallest absolute Gasteiger partial charge is 0.348 e. The molecule has 0 aliphatic heterocycles. The predicted octanol–water partition coefficient (Wildman–Crippen LogP) is 5.31. The summed E-state index contributed by atoms with van der Waals surface area (Å²) in [6.07, 6.45) is 1.25. The van der Waals surface area contributed by atoms with Crippen LogP contribution in [0.5, 0.6) is 5.75 Å². The first-order valence-electron chi connectivity index (χ1n) is 11.1. The van der Waals surface area contributed by atoms with E-state index < -0.39 is 16.7 Å². The molecule has 3 rings (SSSR count). The molecule has 0 fully saturated rings. The van der Waals surface area contributed by atoms with E-state index in [0.717, 1.165) is 16.9 Å². The lowest BCUT2D eigenvalue weighted by atomic mass is 10.0. The second-order valence-corrected chi connectivity index (χ2v) is 8.84. The molecule has 0 saturated carbocycles. The van der Waals surface area contributed by atoms with Gasteiger partial charge < -0.3 is 9.47 Å². The van der Waals surface area contributed by atoms with Gasteiger partial charge in [0.15, 0.2) is 5.78 Å². The minimum atomic E-state index is -0.549. The largest absolute Gasteiger partial charge is 0.489 e. The number of Topliss-reactive ketones (excluding diaryl/α,β-unsaturated/α-hetero) is 1. The summed E-state index contributed by atoms with van der Waals surface area (Å²) in [7, 11) is 0. The summed E-state index contributed by atoms with van der Waals surface area (Å²) in [6, 6.07) is 16.7. The Morgan fingerprint density at radius 3 is 2.35 bits per heavy atom. The van der Waals surface area contributed by atoms with Gasteiger partial charge in [-0.25, -0.2) is 4.79 Å². The van der Waals surface area contributed by atoms with Crippen molar-refractivity contribution in [2.75, 3.05) is 6.61 Å². The van der Waals surface area contributed by atoms with Gasteiger partial charge in [-0.15, -0.1) is 11.3 Å². The molecular formula is C27H21N3O6S. The molecule has 0 amide bonds. The summed E-state index contributed by atoms with van der Waals surface area (Å²) in [6.45, 7) is 3.71. The Bertz CT molecular complexity index is 1440. The van der Waals surface area contributed by atoms with Gasteiger partial charge in [-0.1, -0.05) is 12.1 Å². The van der Waals surface area contributed by atoms with Gasteiger partial charge in [0.05, 0.1) is 22.7 Å². The van der Waals surface area contributed by atoms with Crippen LogP contribution < -0.4 is 4.74 Å². The van der Waals surface area contributed by atoms with Gasteiger partial charge in [-0.05, 0) is 60.9 Å². The Hall–Kier alpha value is -4.80. The molecule has 0 aliphatic carbocycles. The molecular weight excluding hydrogens is 494 g/mol. The van der Waals surface area contributed by atoms with Crippen LogP contribution in [0.1, 0.15) is 43.7 Å². The molecule has 0 saturated heterocycles. The average Bonchev–Trinajstić information content (AvgIpc) is 3.21. The normalized spacial score (nSPS) is 10.8. The maximum atomic E-state index is 12.8. The zero-order valence-corrected chi connectivity index (χ0v) is 20.8. The fraction of sp³-hybridized carbons (Fsp3) is 0.185. The lowest BCUT2D eigenvalue weighted by molar-refractivity contribution is -0.384. The van der Waals surface area contributed by atoms with Gasteiger partial charge in [0.1, 0.15) is 29.4 Å². The van der Waals surface area contributed by atoms with Crippen molar-refractivity contribution >= 4 is 34.9 Å². The molecule has 0 atom stereocenters. The number of hydrogen-bond acceptors (Lipinski definition) is 9. The highest BCUT2D eigenvalue weighted by Gasteiger charge is 2.23. The van der Waals surface area contributed by atoms with E-state index in [-0.39, 0.29) is 41.3 Å². The monoisotopic (exact) mass is 515 g/mol. The number of carbonyl (C=O) groups is 2. The van der Waals surface area contributed by atoms with E-state index >= 15 is 0 Å². The minimum Gasteiger partial charge on any atom is -0.489 e. The van der Waals surface area contributed by atoms with E-state index in [1.54, 1.807) is 50.2 Å². The molecule has 37 heavy (non-hydrogen) atoms. The summed E-state index contributed by atoms with van der Waals surface area (Å²) >= 11 is 1.02. The molecule has 3 aromatic rings. The van der Waals surface area contributed by atoms with Crippen molar-refractivity contribution in [3.63, 3.8) is 0 Å². The number of benzene rings is 2. The lowest BCUT2D eigenvalue weighted by Gasteiger charge is -2.06. The zero-order valence-electron chi connectivity index (χ0n) is 20.0. The molecule has 1 aromatic heterocycles. The van der Waals surface area contributed by atoms with E-state index in [2.05, 4.69) is 0 Å². The topological polar surface area (TPSA) is 143 Å². The van der Waals surface area contributed by atoms with Crippen LogP contribution in [-0.2, 0) is 22.6 Å². The van der Waals surface area contributed by atoms with Crippen LogP contribution in [0.3, 0.4) is 0 Å². The fourth-order valence-corrected chi connectivity index (χ4v) is 4.51. The fourth-order valence-electron chi connectivity index (χ4n) is 3.36. The first-order valence-corrected chi connectivity index (χ1v) is 11.9. The highest BCUT2D eigenvalue weighted by Crippen LogP contribution is 2.30. The van der Waals surface area contributed by atoms with Crippen LogP contribution in [0.2, 0.25) is 0 Å². The van der Waals surface area contributed by atoms with Crippen molar-refractivity contribution in [3.05, 3.63) is 96.2 Å². The van der Waals surface area contributed by atoms with Crippen LogP contribution in [0, 0.1) is 39.7 Å². The molecule has 0 unspecified atom stereocenters. The molecule has 0 N–H and O–H groups in total. The van der Waals surface area contributed by atoms with E-state index in [1.807, 2.05) is 12.1 Å². The summed E-state index contributed by atoms with van der Waals surface area (Å²) in [5.74, 6) is -0.485. The van der Waals surface area contributed by atoms with E-state index in [1.165, 1.54) is 18.2 Å². The molecule has 0 spiro atoms. The molecule has 9 nitrogen and oxygen atoms in total. The number of nitrogens with zero attached hydrogens (tertiary/aromatic N) is 3. The van der Waals surface area contributed by atoms with E-state index in [0.29, 0.717) is 21.8 Å². The number of hydrogen-bond donors (Lipinski definition) is 0. The van der Waals surface area contributed by atoms with E-state index in [9.17, 15) is 30.2 Å². The van der Waals surface area contributed by atoms with Gasteiger partial charge >= 0.3 is 5.97 Å². The number of nitro groups is 1. The van der Waals surface area contributed by atoms with Crippen LogP contribution in [0.15, 0.2) is 54.1 Å². The molecule has 2 aromatic carbocycles. The second-order valence-electron chi connectivity index (χ2n) is 7.74. The number of nitriles is 2. The first-order chi connectivity index (χ1) is 17.8. The quantitative estimate of drug-likeness (QED) is 0.116. The number of thiophene rings is 1. The molecule has 10 heteroatoms. The Balaban J connectivity index is 1.69. The number of ketones is 1. The predicted molar refractivity (Wildman–Crippen MR) is 136 cm³/mol. The Morgan fingerprint density at radius 1 is 1.11 bits per heavy atom. The number of non-ortho nitro benzene ring substituents is 1. The average molecular weight is 516 g/mol. The number of esters is 1. The van der Waals surface area contributed by atoms with Gasteiger partial charge in [0, 0.05) is 23.4 Å². The van der Waals surface area contributed by atoms with Crippen molar-refractivity contribution in [2.45, 2.75) is 26.9 Å². The highest BCUT2D eigenvalue weighted by molar-refractivity contribution is 7.14. The molecule has 186 valence electrons. The number of allylic oxidation sites excluding steroid dienone is 1. The van der Waals surface area contributed by atoms with E-state index in [4.69, 9.17) is 9.47 Å². The third-order valence-electron chi connectivity index (χ3n) is 5.28. The van der Waals surface area contributed by atoms with Crippen LogP contribution in [0.25, 0.3) is 6.08 Å². The van der Waals surface area contributed by atoms with Crippen molar-refractivity contribution in [2.24, 2.45) is 0 Å². The van der Waals surface area contributed by atoms with Gasteiger partial charge in [0.25, 0.3) is 5.69 Å². The highest BCUT2D eigenvalue weighted by atomic mass is 32.1. The Morgan fingerprint density at radius 2 is 1.78 bits per heavy atom. The minimum absolute atomic E-state index is 0.000217. The van der Waals surface area contributed by atoms with Crippen molar-refractivity contribution in [3.8, 4) is 17.9 Å². The van der Waals surface area contributed by atoms with Gasteiger partial charge in [-0.3, -0.25) is 14.9 Å². The third-order valence-corrected chi connectivity index (χ3v) is 6.55. The SMILES string of the molecule is CCOC(=O)c1sc(CC(=O)C(C#N)=Cc2ccc(OCc3ccc([N+](=O)[O-])cc3)cc2)c(C#N)c1C. The van der Waals surface area contributed by atoms with Crippen molar-refractivity contribution in [1.82, 2.24) is 0 Å².